The first-order chi connectivity index (χ1) is 10.2. The molecule has 2 aliphatic rings. The van der Waals surface area contributed by atoms with Gasteiger partial charge in [-0.25, -0.2) is 0 Å². The zero-order chi connectivity index (χ0) is 15.2. The van der Waals surface area contributed by atoms with E-state index in [9.17, 15) is 0 Å². The predicted octanol–water partition coefficient (Wildman–Crippen LogP) is 3.39. The van der Waals surface area contributed by atoms with Gasteiger partial charge < -0.3 is 9.22 Å². The molecule has 0 aromatic heterocycles. The van der Waals surface area contributed by atoms with Gasteiger partial charge in [0.2, 0.25) is 0 Å². The summed E-state index contributed by atoms with van der Waals surface area (Å²) in [6.45, 7) is 17.1. The molecule has 0 aromatic carbocycles. The van der Waals surface area contributed by atoms with Crippen LogP contribution in [0.2, 0.25) is 0 Å². The highest BCUT2D eigenvalue weighted by Gasteiger charge is 2.35. The minimum Gasteiger partial charge on any atom is -0.324 e. The Morgan fingerprint density at radius 2 is 1.38 bits per heavy atom. The van der Waals surface area contributed by atoms with Gasteiger partial charge >= 0.3 is 0 Å². The molecule has 0 bridgehead atoms. The Kier molecular flexibility index (Phi) is 6.51. The zero-order valence-electron chi connectivity index (χ0n) is 14.8. The topological polar surface area (TPSA) is 9.23 Å². The SMILES string of the molecule is CC[N+]1(CCOC(C)[N+]2(CC)CCCCC2)CCCCC1. The maximum Gasteiger partial charge on any atom is 0.190 e. The van der Waals surface area contributed by atoms with Gasteiger partial charge in [0.05, 0.1) is 39.3 Å². The van der Waals surface area contributed by atoms with Gasteiger partial charge in [0.1, 0.15) is 13.2 Å². The molecule has 0 N–H and O–H groups in total. The lowest BCUT2D eigenvalue weighted by Crippen LogP contribution is -2.59. The van der Waals surface area contributed by atoms with Crippen LogP contribution in [0.4, 0.5) is 0 Å². The van der Waals surface area contributed by atoms with Crippen LogP contribution in [0.3, 0.4) is 0 Å². The van der Waals surface area contributed by atoms with Gasteiger partial charge in [-0.05, 0) is 52.4 Å². The monoisotopic (exact) mass is 298 g/mol. The number of piperidine rings is 2. The van der Waals surface area contributed by atoms with E-state index in [1.807, 2.05) is 0 Å². The van der Waals surface area contributed by atoms with Crippen molar-refractivity contribution in [3.8, 4) is 0 Å². The second-order valence-electron chi connectivity index (χ2n) is 7.40. The first-order valence-corrected chi connectivity index (χ1v) is 9.49. The Morgan fingerprint density at radius 3 is 1.90 bits per heavy atom. The van der Waals surface area contributed by atoms with Crippen molar-refractivity contribution in [1.82, 2.24) is 0 Å². The molecule has 0 spiro atoms. The van der Waals surface area contributed by atoms with E-state index in [1.54, 1.807) is 0 Å². The third kappa shape index (κ3) is 4.20. The highest BCUT2D eigenvalue weighted by molar-refractivity contribution is 4.56. The van der Waals surface area contributed by atoms with Crippen LogP contribution >= 0.6 is 0 Å². The summed E-state index contributed by atoms with van der Waals surface area (Å²) in [6.07, 6.45) is 8.84. The molecule has 0 aliphatic carbocycles. The van der Waals surface area contributed by atoms with Crippen LogP contribution in [0.25, 0.3) is 0 Å². The van der Waals surface area contributed by atoms with Gasteiger partial charge in [0.15, 0.2) is 6.23 Å². The quantitative estimate of drug-likeness (QED) is 0.655. The molecule has 0 aromatic rings. The van der Waals surface area contributed by atoms with Crippen molar-refractivity contribution < 1.29 is 13.7 Å². The van der Waals surface area contributed by atoms with Crippen LogP contribution in [-0.2, 0) is 4.74 Å². The van der Waals surface area contributed by atoms with Gasteiger partial charge in [-0.1, -0.05) is 0 Å². The summed E-state index contributed by atoms with van der Waals surface area (Å²) in [4.78, 5) is 0. The largest absolute Gasteiger partial charge is 0.324 e. The van der Waals surface area contributed by atoms with Crippen molar-refractivity contribution in [2.24, 2.45) is 0 Å². The van der Waals surface area contributed by atoms with Crippen LogP contribution in [-0.4, -0.2) is 67.6 Å². The summed E-state index contributed by atoms with van der Waals surface area (Å²) in [5, 5.41) is 0. The molecule has 21 heavy (non-hydrogen) atoms. The number of likely N-dealkylation sites (tertiary alicyclic amines) is 2. The Labute approximate surface area is 132 Å². The van der Waals surface area contributed by atoms with Crippen molar-refractivity contribution in [3.63, 3.8) is 0 Å². The molecule has 2 saturated heterocycles. The molecule has 2 aliphatic heterocycles. The standard InChI is InChI=1S/C18H38N2O/c1-4-19(12-8-6-9-13-19)16-17-21-18(3)20(5-2)14-10-7-11-15-20/h18H,4-17H2,1-3H3/q+2. The maximum absolute atomic E-state index is 6.36. The molecule has 3 heteroatoms. The van der Waals surface area contributed by atoms with E-state index >= 15 is 0 Å². The molecule has 3 nitrogen and oxygen atoms in total. The maximum atomic E-state index is 6.36. The molecule has 2 heterocycles. The molecule has 0 saturated carbocycles. The lowest BCUT2D eigenvalue weighted by Gasteiger charge is -2.45. The summed E-state index contributed by atoms with van der Waals surface area (Å²) in [6, 6.07) is 0. The molecule has 0 radical (unpaired) electrons. The minimum atomic E-state index is 0.386. The second-order valence-corrected chi connectivity index (χ2v) is 7.40. The number of nitrogens with zero attached hydrogens (tertiary/aromatic N) is 2. The van der Waals surface area contributed by atoms with Gasteiger partial charge in [-0.3, -0.25) is 4.48 Å². The molecular formula is C18H38N2O+2. The average Bonchev–Trinajstić information content (AvgIpc) is 2.56. The van der Waals surface area contributed by atoms with Crippen LogP contribution in [0.15, 0.2) is 0 Å². The van der Waals surface area contributed by atoms with Crippen LogP contribution < -0.4 is 0 Å². The van der Waals surface area contributed by atoms with E-state index < -0.39 is 0 Å². The van der Waals surface area contributed by atoms with E-state index in [0.717, 1.165) is 6.61 Å². The van der Waals surface area contributed by atoms with Crippen molar-refractivity contribution in [2.75, 3.05) is 52.4 Å². The van der Waals surface area contributed by atoms with E-state index in [-0.39, 0.29) is 0 Å². The van der Waals surface area contributed by atoms with E-state index in [4.69, 9.17) is 4.74 Å². The Hall–Kier alpha value is -0.120. The zero-order valence-corrected chi connectivity index (χ0v) is 14.8. The predicted molar refractivity (Wildman–Crippen MR) is 89.1 cm³/mol. The normalized spacial score (nSPS) is 26.4. The van der Waals surface area contributed by atoms with E-state index in [1.165, 1.54) is 93.3 Å². The minimum absolute atomic E-state index is 0.386. The van der Waals surface area contributed by atoms with Crippen LogP contribution in [0, 0.1) is 0 Å². The lowest BCUT2D eigenvalue weighted by molar-refractivity contribution is -0.974. The third-order valence-electron chi connectivity index (χ3n) is 6.47. The summed E-state index contributed by atoms with van der Waals surface area (Å²) in [7, 11) is 0. The Bertz CT molecular complexity index is 294. The highest BCUT2D eigenvalue weighted by atomic mass is 16.5. The first-order valence-electron chi connectivity index (χ1n) is 9.49. The summed E-state index contributed by atoms with van der Waals surface area (Å²) in [5.41, 5.74) is 0. The molecule has 124 valence electrons. The molecule has 2 rings (SSSR count). The van der Waals surface area contributed by atoms with Gasteiger partial charge in [-0.15, -0.1) is 0 Å². The van der Waals surface area contributed by atoms with Crippen LogP contribution in [0.5, 0.6) is 0 Å². The average molecular weight is 299 g/mol. The van der Waals surface area contributed by atoms with Crippen molar-refractivity contribution in [1.29, 1.82) is 0 Å². The first kappa shape index (κ1) is 17.2. The summed E-state index contributed by atoms with van der Waals surface area (Å²) >= 11 is 0. The number of rotatable bonds is 7. The third-order valence-corrected chi connectivity index (χ3v) is 6.47. The molecule has 1 unspecified atom stereocenters. The van der Waals surface area contributed by atoms with E-state index in [0.29, 0.717) is 6.23 Å². The van der Waals surface area contributed by atoms with Crippen molar-refractivity contribution >= 4 is 0 Å². The molecule has 1 atom stereocenters. The molecular weight excluding hydrogens is 260 g/mol. The Balaban J connectivity index is 1.81. The van der Waals surface area contributed by atoms with Gasteiger partial charge in [-0.2, -0.15) is 0 Å². The molecule has 0 amide bonds. The fraction of sp³-hybridized carbons (Fsp3) is 1.00. The Morgan fingerprint density at radius 1 is 0.810 bits per heavy atom. The second kappa shape index (κ2) is 7.94. The fourth-order valence-electron chi connectivity index (χ4n) is 4.53. The number of ether oxygens (including phenoxy) is 1. The molecule has 2 fully saturated rings. The summed E-state index contributed by atoms with van der Waals surface area (Å²) in [5.74, 6) is 0. The van der Waals surface area contributed by atoms with Gasteiger partial charge in [0, 0.05) is 6.92 Å². The van der Waals surface area contributed by atoms with Crippen molar-refractivity contribution in [2.45, 2.75) is 65.5 Å². The number of hydrogen-bond acceptors (Lipinski definition) is 1. The smallest absolute Gasteiger partial charge is 0.190 e. The number of likely N-dealkylation sites (N-methyl/N-ethyl adjacent to an activating group) is 1. The number of hydrogen-bond donors (Lipinski definition) is 0. The van der Waals surface area contributed by atoms with Crippen LogP contribution in [0.1, 0.15) is 59.3 Å². The van der Waals surface area contributed by atoms with Gasteiger partial charge in [0.25, 0.3) is 0 Å². The summed E-state index contributed by atoms with van der Waals surface area (Å²) < 4.78 is 8.87. The fourth-order valence-corrected chi connectivity index (χ4v) is 4.53. The van der Waals surface area contributed by atoms with E-state index in [2.05, 4.69) is 20.8 Å². The highest BCUT2D eigenvalue weighted by Crippen LogP contribution is 2.24. The lowest BCUT2D eigenvalue weighted by atomic mass is 10.1. The van der Waals surface area contributed by atoms with Crippen molar-refractivity contribution in [3.05, 3.63) is 0 Å². The number of quaternary nitrogens is 2.